The second-order valence-electron chi connectivity index (χ2n) is 10.6. The molecule has 2 saturated heterocycles. The van der Waals surface area contributed by atoms with Gasteiger partial charge in [-0.15, -0.1) is 0 Å². The van der Waals surface area contributed by atoms with E-state index in [4.69, 9.17) is 4.74 Å². The van der Waals surface area contributed by atoms with E-state index in [1.54, 1.807) is 6.20 Å². The minimum atomic E-state index is -0.276. The Morgan fingerprint density at radius 1 is 1.12 bits per heavy atom. The summed E-state index contributed by atoms with van der Waals surface area (Å²) in [7, 11) is 2.16. The molecule has 3 aromatic rings. The molecular formula is C30H38N8O2. The minimum absolute atomic E-state index is 0.276. The number of ether oxygens (including phenoxy) is 1. The highest BCUT2D eigenvalue weighted by Gasteiger charge is 2.18. The molecule has 4 heterocycles. The van der Waals surface area contributed by atoms with E-state index in [0.717, 1.165) is 98.7 Å². The summed E-state index contributed by atoms with van der Waals surface area (Å²) in [4.78, 5) is 28.8. The quantitative estimate of drug-likeness (QED) is 0.316. The molecule has 2 aromatic heterocycles. The van der Waals surface area contributed by atoms with Gasteiger partial charge >= 0.3 is 0 Å². The van der Waals surface area contributed by atoms with Crippen molar-refractivity contribution >= 4 is 34.8 Å². The monoisotopic (exact) mass is 542 g/mol. The molecular weight excluding hydrogens is 504 g/mol. The number of hydrogen-bond donors (Lipinski definition) is 2. The average molecular weight is 543 g/mol. The number of aromatic nitrogens is 3. The molecule has 0 atom stereocenters. The minimum Gasteiger partial charge on any atom is -0.379 e. The Morgan fingerprint density at radius 3 is 2.70 bits per heavy atom. The van der Waals surface area contributed by atoms with Crippen LogP contribution in [-0.2, 0) is 11.3 Å². The van der Waals surface area contributed by atoms with Crippen LogP contribution in [0.5, 0.6) is 0 Å². The van der Waals surface area contributed by atoms with E-state index in [-0.39, 0.29) is 5.91 Å². The van der Waals surface area contributed by atoms with Crippen molar-refractivity contribution in [2.75, 3.05) is 71.4 Å². The van der Waals surface area contributed by atoms with Gasteiger partial charge in [0.15, 0.2) is 5.69 Å². The highest BCUT2D eigenvalue weighted by Crippen LogP contribution is 2.24. The van der Waals surface area contributed by atoms with Gasteiger partial charge in [0.1, 0.15) is 0 Å². The number of H-pyrrole nitrogens is 1. The Hall–Kier alpha value is -3.70. The van der Waals surface area contributed by atoms with Gasteiger partial charge in [0.25, 0.3) is 5.91 Å². The van der Waals surface area contributed by atoms with E-state index in [1.165, 1.54) is 0 Å². The predicted molar refractivity (Wildman–Crippen MR) is 160 cm³/mol. The first-order valence-electron chi connectivity index (χ1n) is 13.8. The lowest BCUT2D eigenvalue weighted by molar-refractivity contribution is 0.0341. The molecule has 0 saturated carbocycles. The Balaban J connectivity index is 1.30. The fraction of sp³-hybridized carbons (Fsp3) is 0.400. The number of carbonyl (C=O) groups excluding carboxylic acids is 1. The van der Waals surface area contributed by atoms with Crippen molar-refractivity contribution in [2.45, 2.75) is 13.5 Å². The van der Waals surface area contributed by atoms with Crippen molar-refractivity contribution in [1.82, 2.24) is 29.9 Å². The molecule has 40 heavy (non-hydrogen) atoms. The SMILES string of the molecule is C=N/C=C(\C=C(/C)c1ccc2[nH]nc(C(=O)Nc3cncc(CN4CCOCC4)c3)c2c1)CN1CCN(C)CC1. The van der Waals surface area contributed by atoms with Crippen LogP contribution in [0, 0.1) is 0 Å². The van der Waals surface area contributed by atoms with Gasteiger partial charge in [-0.2, -0.15) is 5.10 Å². The summed E-state index contributed by atoms with van der Waals surface area (Å²) in [6, 6.07) is 7.99. The molecule has 0 bridgehead atoms. The van der Waals surface area contributed by atoms with Crippen LogP contribution in [0.15, 0.2) is 59.5 Å². The lowest BCUT2D eigenvalue weighted by Gasteiger charge is -2.32. The van der Waals surface area contributed by atoms with Crippen LogP contribution in [0.25, 0.3) is 16.5 Å². The molecule has 5 rings (SSSR count). The summed E-state index contributed by atoms with van der Waals surface area (Å²) in [5.74, 6) is -0.276. The van der Waals surface area contributed by atoms with Gasteiger partial charge in [0.2, 0.25) is 0 Å². The lowest BCUT2D eigenvalue weighted by atomic mass is 10.0. The molecule has 0 radical (unpaired) electrons. The van der Waals surface area contributed by atoms with Crippen molar-refractivity contribution in [2.24, 2.45) is 4.99 Å². The number of carbonyl (C=O) groups is 1. The molecule has 0 spiro atoms. The number of morpholine rings is 1. The molecule has 1 amide bonds. The van der Waals surface area contributed by atoms with Crippen LogP contribution in [0.2, 0.25) is 0 Å². The number of hydrogen-bond acceptors (Lipinski definition) is 8. The Bertz CT molecular complexity index is 1400. The zero-order chi connectivity index (χ0) is 27.9. The van der Waals surface area contributed by atoms with Crippen LogP contribution in [0.3, 0.4) is 0 Å². The normalized spacial score (nSPS) is 18.2. The second kappa shape index (κ2) is 13.1. The number of aliphatic imine (C=N–C) groups is 1. The van der Waals surface area contributed by atoms with E-state index in [2.05, 4.69) is 67.0 Å². The van der Waals surface area contributed by atoms with E-state index >= 15 is 0 Å². The number of nitrogens with zero attached hydrogens (tertiary/aromatic N) is 6. The maximum Gasteiger partial charge on any atom is 0.276 e. The summed E-state index contributed by atoms with van der Waals surface area (Å²) in [6.07, 6.45) is 7.48. The Kier molecular flexibility index (Phi) is 9.12. The number of piperazine rings is 1. The summed E-state index contributed by atoms with van der Waals surface area (Å²) in [5.41, 5.74) is 6.06. The van der Waals surface area contributed by atoms with Crippen molar-refractivity contribution in [1.29, 1.82) is 0 Å². The van der Waals surface area contributed by atoms with Gasteiger partial charge in [-0.05, 0) is 61.2 Å². The zero-order valence-corrected chi connectivity index (χ0v) is 23.4. The number of aromatic amines is 1. The fourth-order valence-corrected chi connectivity index (χ4v) is 5.15. The summed E-state index contributed by atoms with van der Waals surface area (Å²) in [6.45, 7) is 14.8. The number of likely N-dealkylation sites (N-methyl/N-ethyl adjacent to an activating group) is 1. The van der Waals surface area contributed by atoms with Crippen molar-refractivity contribution in [3.63, 3.8) is 0 Å². The van der Waals surface area contributed by atoms with Crippen LogP contribution < -0.4 is 5.32 Å². The zero-order valence-electron chi connectivity index (χ0n) is 23.4. The first kappa shape index (κ1) is 27.9. The molecule has 10 nitrogen and oxygen atoms in total. The Labute approximate surface area is 235 Å². The third-order valence-electron chi connectivity index (χ3n) is 7.46. The first-order valence-corrected chi connectivity index (χ1v) is 13.8. The van der Waals surface area contributed by atoms with E-state index < -0.39 is 0 Å². The van der Waals surface area contributed by atoms with Crippen molar-refractivity contribution in [3.8, 4) is 0 Å². The standard InChI is InChI=1S/C30H38N8O2/c1-22(14-23(17-31-2)20-37-8-6-36(3)7-9-37)25-4-5-28-27(16-25)29(35-34-28)30(39)33-26-15-24(18-32-19-26)21-38-10-12-40-13-11-38/h4-5,14-19H,2,6-13,20-21H2,1,3H3,(H,33,39)(H,34,35)/b22-14+,23-17+. The van der Waals surface area contributed by atoms with E-state index in [0.29, 0.717) is 11.4 Å². The van der Waals surface area contributed by atoms with Gasteiger partial charge in [-0.1, -0.05) is 12.1 Å². The highest BCUT2D eigenvalue weighted by atomic mass is 16.5. The van der Waals surface area contributed by atoms with Crippen LogP contribution in [0.4, 0.5) is 5.69 Å². The summed E-state index contributed by atoms with van der Waals surface area (Å²) >= 11 is 0. The van der Waals surface area contributed by atoms with Crippen molar-refractivity contribution in [3.05, 3.63) is 71.3 Å². The summed E-state index contributed by atoms with van der Waals surface area (Å²) < 4.78 is 5.44. The fourth-order valence-electron chi connectivity index (χ4n) is 5.15. The third kappa shape index (κ3) is 7.08. The smallest absolute Gasteiger partial charge is 0.276 e. The van der Waals surface area contributed by atoms with Crippen LogP contribution >= 0.6 is 0 Å². The molecule has 10 heteroatoms. The van der Waals surface area contributed by atoms with Gasteiger partial charge < -0.3 is 15.0 Å². The number of rotatable bonds is 9. The molecule has 1 aromatic carbocycles. The molecule has 2 aliphatic heterocycles. The molecule has 2 aliphatic rings. The summed E-state index contributed by atoms with van der Waals surface area (Å²) in [5, 5.41) is 11.1. The number of nitrogens with one attached hydrogen (secondary N) is 2. The third-order valence-corrected chi connectivity index (χ3v) is 7.46. The van der Waals surface area contributed by atoms with E-state index in [9.17, 15) is 4.79 Å². The number of benzene rings is 1. The van der Waals surface area contributed by atoms with Crippen molar-refractivity contribution < 1.29 is 9.53 Å². The number of fused-ring (bicyclic) bond motifs is 1. The molecule has 2 fully saturated rings. The topological polar surface area (TPSA) is 102 Å². The predicted octanol–water partition coefficient (Wildman–Crippen LogP) is 3.28. The van der Waals surface area contributed by atoms with Gasteiger partial charge in [0, 0.05) is 70.1 Å². The number of amides is 1. The lowest BCUT2D eigenvalue weighted by Crippen LogP contribution is -2.44. The Morgan fingerprint density at radius 2 is 1.93 bits per heavy atom. The molecule has 2 N–H and O–H groups in total. The highest BCUT2D eigenvalue weighted by molar-refractivity contribution is 6.11. The average Bonchev–Trinajstić information content (AvgIpc) is 3.39. The number of allylic oxidation sites excluding steroid dienone is 1. The molecule has 0 unspecified atom stereocenters. The van der Waals surface area contributed by atoms with Gasteiger partial charge in [-0.25, -0.2) is 0 Å². The molecule has 210 valence electrons. The molecule has 0 aliphatic carbocycles. The number of anilines is 1. The second-order valence-corrected chi connectivity index (χ2v) is 10.6. The maximum absolute atomic E-state index is 13.3. The largest absolute Gasteiger partial charge is 0.379 e. The number of pyridine rings is 1. The van der Waals surface area contributed by atoms with Crippen LogP contribution in [0.1, 0.15) is 28.5 Å². The van der Waals surface area contributed by atoms with Gasteiger partial charge in [-0.3, -0.25) is 29.7 Å². The van der Waals surface area contributed by atoms with Crippen LogP contribution in [-0.4, -0.2) is 109 Å². The van der Waals surface area contributed by atoms with Gasteiger partial charge in [0.05, 0.1) is 30.6 Å². The van der Waals surface area contributed by atoms with E-state index in [1.807, 2.05) is 36.7 Å². The maximum atomic E-state index is 13.3. The first-order chi connectivity index (χ1) is 19.5.